The number of fused-ring (bicyclic) bond motifs is 1. The third-order valence-electron chi connectivity index (χ3n) is 2.47. The van der Waals surface area contributed by atoms with E-state index in [9.17, 15) is 9.59 Å². The maximum Gasteiger partial charge on any atom is 0.325 e. The van der Waals surface area contributed by atoms with Gasteiger partial charge in [0.15, 0.2) is 0 Å². The first-order valence-corrected chi connectivity index (χ1v) is 5.00. The lowest BCUT2D eigenvalue weighted by Crippen LogP contribution is -2.22. The Kier molecular flexibility index (Phi) is 2.06. The van der Waals surface area contributed by atoms with Gasteiger partial charge in [0.05, 0.1) is 5.56 Å². The Balaban J connectivity index is 2.28. The van der Waals surface area contributed by atoms with Crippen LogP contribution in [0.25, 0.3) is 22.4 Å². The SMILES string of the molecule is Cn1nnc2nnc(-c3c[nH]c(=O)[nH]c3=O)cc21. The van der Waals surface area contributed by atoms with E-state index in [1.165, 1.54) is 10.9 Å². The summed E-state index contributed by atoms with van der Waals surface area (Å²) in [6, 6.07) is 1.63. The summed E-state index contributed by atoms with van der Waals surface area (Å²) in [5.74, 6) is 0. The van der Waals surface area contributed by atoms with E-state index < -0.39 is 11.2 Å². The molecule has 0 amide bonds. The first-order chi connectivity index (χ1) is 8.65. The van der Waals surface area contributed by atoms with Gasteiger partial charge in [0.1, 0.15) is 11.2 Å². The molecule has 0 aliphatic carbocycles. The summed E-state index contributed by atoms with van der Waals surface area (Å²) in [5.41, 5.74) is 0.505. The van der Waals surface area contributed by atoms with Gasteiger partial charge in [0.2, 0.25) is 5.65 Å². The van der Waals surface area contributed by atoms with Crippen molar-refractivity contribution in [1.82, 2.24) is 35.2 Å². The van der Waals surface area contributed by atoms with E-state index in [0.29, 0.717) is 16.9 Å². The molecule has 3 heterocycles. The second-order valence-electron chi connectivity index (χ2n) is 3.64. The minimum atomic E-state index is -0.569. The van der Waals surface area contributed by atoms with Gasteiger partial charge in [-0.05, 0) is 6.07 Å². The Morgan fingerprint density at radius 1 is 1.22 bits per heavy atom. The Bertz CT molecular complexity index is 844. The third-order valence-corrected chi connectivity index (χ3v) is 2.47. The summed E-state index contributed by atoms with van der Waals surface area (Å²) in [7, 11) is 1.71. The van der Waals surface area contributed by atoms with Gasteiger partial charge >= 0.3 is 5.69 Å². The maximum atomic E-state index is 11.6. The third kappa shape index (κ3) is 1.49. The minimum Gasteiger partial charge on any atom is -0.313 e. The van der Waals surface area contributed by atoms with Crippen molar-refractivity contribution < 1.29 is 0 Å². The molecule has 0 saturated heterocycles. The number of hydrogen-bond donors (Lipinski definition) is 2. The topological polar surface area (TPSA) is 122 Å². The molecule has 3 rings (SSSR count). The Labute approximate surface area is 98.5 Å². The van der Waals surface area contributed by atoms with Gasteiger partial charge in [-0.1, -0.05) is 5.21 Å². The largest absolute Gasteiger partial charge is 0.325 e. The zero-order chi connectivity index (χ0) is 12.7. The number of aromatic nitrogens is 7. The van der Waals surface area contributed by atoms with Crippen molar-refractivity contribution in [2.75, 3.05) is 0 Å². The van der Waals surface area contributed by atoms with Crippen LogP contribution in [0.5, 0.6) is 0 Å². The van der Waals surface area contributed by atoms with E-state index in [1.54, 1.807) is 13.1 Å². The second kappa shape index (κ2) is 3.58. The fourth-order valence-corrected chi connectivity index (χ4v) is 1.57. The molecule has 0 fully saturated rings. The molecule has 0 unspecified atom stereocenters. The van der Waals surface area contributed by atoms with Crippen LogP contribution in [0.2, 0.25) is 0 Å². The predicted octanol–water partition coefficient (Wildman–Crippen LogP) is -1.20. The number of aryl methyl sites for hydroxylation is 1. The van der Waals surface area contributed by atoms with Gasteiger partial charge in [-0.2, -0.15) is 0 Å². The highest BCUT2D eigenvalue weighted by atomic mass is 16.2. The van der Waals surface area contributed by atoms with Crippen LogP contribution in [0.1, 0.15) is 0 Å². The maximum absolute atomic E-state index is 11.6. The number of H-pyrrole nitrogens is 2. The quantitative estimate of drug-likeness (QED) is 0.555. The summed E-state index contributed by atoms with van der Waals surface area (Å²) < 4.78 is 1.52. The molecule has 9 heteroatoms. The van der Waals surface area contributed by atoms with E-state index in [2.05, 4.69) is 30.5 Å². The highest BCUT2D eigenvalue weighted by Crippen LogP contribution is 2.14. The van der Waals surface area contributed by atoms with Crippen LogP contribution in [0.3, 0.4) is 0 Å². The van der Waals surface area contributed by atoms with Gasteiger partial charge < -0.3 is 4.98 Å². The molecule has 0 bridgehead atoms. The summed E-state index contributed by atoms with van der Waals surface area (Å²) in [5, 5.41) is 15.3. The molecule has 0 saturated carbocycles. The second-order valence-corrected chi connectivity index (χ2v) is 3.64. The van der Waals surface area contributed by atoms with Gasteiger partial charge in [0, 0.05) is 13.2 Å². The number of nitrogens with one attached hydrogen (secondary N) is 2. The van der Waals surface area contributed by atoms with Crippen LogP contribution in [0.15, 0.2) is 21.9 Å². The van der Waals surface area contributed by atoms with Crippen LogP contribution in [0, 0.1) is 0 Å². The summed E-state index contributed by atoms with van der Waals surface area (Å²) >= 11 is 0. The Hall–Kier alpha value is -2.84. The first-order valence-electron chi connectivity index (χ1n) is 5.00. The predicted molar refractivity (Wildman–Crippen MR) is 60.8 cm³/mol. The number of hydrogen-bond acceptors (Lipinski definition) is 6. The van der Waals surface area contributed by atoms with E-state index in [-0.39, 0.29) is 5.56 Å². The molecule has 9 nitrogen and oxygen atoms in total. The number of nitrogens with zero attached hydrogens (tertiary/aromatic N) is 5. The molecule has 90 valence electrons. The van der Waals surface area contributed by atoms with Crippen LogP contribution in [-0.4, -0.2) is 35.2 Å². The van der Waals surface area contributed by atoms with Gasteiger partial charge in [-0.15, -0.1) is 15.3 Å². The zero-order valence-electron chi connectivity index (χ0n) is 9.21. The lowest BCUT2D eigenvalue weighted by molar-refractivity contribution is 0.736. The van der Waals surface area contributed by atoms with Crippen LogP contribution >= 0.6 is 0 Å². The van der Waals surface area contributed by atoms with Crippen LogP contribution in [0.4, 0.5) is 0 Å². The summed E-state index contributed by atoms with van der Waals surface area (Å²) in [6.07, 6.45) is 1.29. The lowest BCUT2D eigenvalue weighted by Gasteiger charge is -1.98. The van der Waals surface area contributed by atoms with Crippen molar-refractivity contribution in [2.24, 2.45) is 7.05 Å². The Morgan fingerprint density at radius 2 is 2.06 bits per heavy atom. The molecule has 3 aromatic heterocycles. The van der Waals surface area contributed by atoms with Gasteiger partial charge in [-0.3, -0.25) is 9.78 Å². The molecular formula is C9H7N7O2. The molecular weight excluding hydrogens is 238 g/mol. The molecule has 0 aliphatic rings. The van der Waals surface area contributed by atoms with Crippen molar-refractivity contribution in [3.63, 3.8) is 0 Å². The number of rotatable bonds is 1. The lowest BCUT2D eigenvalue weighted by atomic mass is 10.2. The van der Waals surface area contributed by atoms with Gasteiger partial charge in [-0.25, -0.2) is 9.48 Å². The van der Waals surface area contributed by atoms with E-state index in [4.69, 9.17) is 0 Å². The fourth-order valence-electron chi connectivity index (χ4n) is 1.57. The van der Waals surface area contributed by atoms with Gasteiger partial charge in [0.25, 0.3) is 5.56 Å². The van der Waals surface area contributed by atoms with Crippen molar-refractivity contribution in [1.29, 1.82) is 0 Å². The first kappa shape index (κ1) is 10.3. The molecule has 0 spiro atoms. The van der Waals surface area contributed by atoms with E-state index in [0.717, 1.165) is 0 Å². The smallest absolute Gasteiger partial charge is 0.313 e. The number of aromatic amines is 2. The van der Waals surface area contributed by atoms with E-state index >= 15 is 0 Å². The van der Waals surface area contributed by atoms with Crippen molar-refractivity contribution >= 4 is 11.2 Å². The molecule has 0 aromatic carbocycles. The van der Waals surface area contributed by atoms with E-state index in [1.807, 2.05) is 0 Å². The molecule has 3 aromatic rings. The molecule has 0 aliphatic heterocycles. The summed E-state index contributed by atoms with van der Waals surface area (Å²) in [4.78, 5) is 27.0. The van der Waals surface area contributed by atoms with Crippen molar-refractivity contribution in [3.8, 4) is 11.3 Å². The monoisotopic (exact) mass is 245 g/mol. The summed E-state index contributed by atoms with van der Waals surface area (Å²) in [6.45, 7) is 0. The minimum absolute atomic E-state index is 0.227. The average Bonchev–Trinajstić information content (AvgIpc) is 2.71. The highest BCUT2D eigenvalue weighted by molar-refractivity contribution is 5.74. The zero-order valence-corrected chi connectivity index (χ0v) is 9.21. The normalized spacial score (nSPS) is 10.9. The molecule has 0 radical (unpaired) electrons. The standard InChI is InChI=1S/C9H7N7O2/c1-16-6-2-5(12-13-7(6)14-15-16)4-3-10-9(18)11-8(4)17/h2-3H,1H3,(H2,10,11,17,18). The van der Waals surface area contributed by atoms with Crippen molar-refractivity contribution in [2.45, 2.75) is 0 Å². The Morgan fingerprint density at radius 3 is 2.83 bits per heavy atom. The molecule has 18 heavy (non-hydrogen) atoms. The van der Waals surface area contributed by atoms with Crippen LogP contribution < -0.4 is 11.2 Å². The molecule has 2 N–H and O–H groups in total. The molecule has 0 atom stereocenters. The fraction of sp³-hybridized carbons (Fsp3) is 0.111. The van der Waals surface area contributed by atoms with Crippen molar-refractivity contribution in [3.05, 3.63) is 33.1 Å². The highest BCUT2D eigenvalue weighted by Gasteiger charge is 2.10. The van der Waals surface area contributed by atoms with Crippen LogP contribution in [-0.2, 0) is 7.05 Å². The average molecular weight is 245 g/mol.